The van der Waals surface area contributed by atoms with Crippen LogP contribution in [0.5, 0.6) is 46.0 Å². The number of aliphatic carboxylic acids is 1. The number of primary amides is 1. The second kappa shape index (κ2) is 45.4. The molecule has 2 aromatic heterocycles. The topological polar surface area (TPSA) is 673 Å². The lowest BCUT2D eigenvalue weighted by Crippen LogP contribution is -3.00. The molecule has 11 bridgehead atoms. The number of anilines is 1. The maximum absolute atomic E-state index is 16.4. The van der Waals surface area contributed by atoms with Crippen LogP contribution in [0.1, 0.15) is 117 Å². The summed E-state index contributed by atoms with van der Waals surface area (Å²) in [5.41, 5.74) is 13.3. The molecular weight excluding hydrogens is 1990 g/mol. The summed E-state index contributed by atoms with van der Waals surface area (Å²) in [6.45, 7) is 4.85. The number of hydrogen-bond donors (Lipinski definition) is 22. The number of fused-ring (bicyclic) bond motifs is 16. The first kappa shape index (κ1) is 108. The minimum atomic E-state index is -2.41. The molecule has 9 aliphatic heterocycles. The summed E-state index contributed by atoms with van der Waals surface area (Å²) < 4.78 is 40.3. The molecule has 3 saturated heterocycles. The van der Waals surface area contributed by atoms with E-state index in [0.717, 1.165) is 83.0 Å². The zero-order valence-electron chi connectivity index (χ0n) is 73.8. The van der Waals surface area contributed by atoms with Crippen molar-refractivity contribution in [2.24, 2.45) is 22.5 Å². The number of carboxylic acid groups (broad SMARTS) is 1. The van der Waals surface area contributed by atoms with Gasteiger partial charge in [-0.1, -0.05) is 89.4 Å². The summed E-state index contributed by atoms with van der Waals surface area (Å²) in [5, 5.41) is 142. The van der Waals surface area contributed by atoms with Crippen molar-refractivity contribution in [3.05, 3.63) is 169 Å². The Bertz CT molecular complexity index is 5940. The highest BCUT2D eigenvalue weighted by Gasteiger charge is 2.56. The lowest BCUT2D eigenvalue weighted by Gasteiger charge is -2.49. The van der Waals surface area contributed by atoms with Crippen LogP contribution >= 0.6 is 82.7 Å². The molecular formula is C87H98Cl6N16O28S2. The zero-order chi connectivity index (χ0) is 98.1. The standard InChI is InChI=1S/C87H95Cl3N16O28S2.3ClH/c1-33(2)20-45(94-5)74(117)100-62-66(112)36-11-14-49(43(88)22-36)130-51-24-38-25-52(70(51)134-85-71(69(115)68(114)53(31-107)132-85)133-55-29-87(4,93)72(116)34(3)129-55)131-50-15-12-37(23-44(50)89)67(113)63-81(124)99-59(42-26-40(108)27-48(110)56(42)41-21-35(10-13-47(41)109)57(77(120)101-63)98-78(121)58(38)97-75(118)46(28-54(91)111)96-80(62)123)76(119)95-16-9-19-128-104-61(60-73(90)136-86(92)103-60)79(122)102-64-82(125)106-65(84(126)127)39(32-135-83(64)106)30-105-17-7-6-8-18-105;;;/h6-8,10-15,17-18,21-27,33-34,45-46,53,55,57-59,62-64,66-69,71-72,83,85,94,107,112-116H,9,16,19-20,28-32,93H2,1-5H3,(H15-,91,92,95,96,97,98,99,100,101,102,103,104,108,109,110,111,117,118,119,120,121,122,123,124,126,127);3*1H/t34-,45+,46-,53+,55-,57+,58+,59-,62+,63-,64+,66+,67+,68+,69-,71+,72+,83+,85-,87-;;;/m0.../s1. The van der Waals surface area contributed by atoms with Crippen molar-refractivity contribution in [2.45, 2.75) is 181 Å². The number of ether oxygens (including phenoxy) is 6. The van der Waals surface area contributed by atoms with E-state index < -0.39 is 296 Å². The number of halogens is 6. The molecule has 0 unspecified atom stereocenters. The maximum Gasteiger partial charge on any atom is 0.352 e. The van der Waals surface area contributed by atoms with E-state index in [-0.39, 0.29) is 112 Å². The van der Waals surface area contributed by atoms with Crippen molar-refractivity contribution in [2.75, 3.05) is 38.3 Å². The van der Waals surface area contributed by atoms with Gasteiger partial charge in [0.1, 0.15) is 129 Å². The summed E-state index contributed by atoms with van der Waals surface area (Å²) in [6.07, 6.45) is -15.9. The van der Waals surface area contributed by atoms with E-state index in [1.165, 1.54) is 44.8 Å². The fourth-order valence-electron chi connectivity index (χ4n) is 16.5. The SMILES string of the molecule is CN[C@H](CC(C)C)C(=O)N[C@H]1C(=O)N[C@@H](CC(N)=O)C(=O)N[C@H]2C(=O)N[C@H]3C(=O)N[C@H](C(=O)N[C@H](C(=O)NCCCO/N=C(\C(=O)N[C@@H]4C(=O)N5C(C(=O)O)=C(C[n+]6ccccc6)CS[C@H]45)c4nc(N)sc4Cl)c4cc(O)cc(O)c4-c4cc3ccc4O)[C@H](O)c3ccc(c(Cl)c3)Oc3cc2cc(c3O[C@@H]2O[C@H](CO)[C@@H](O)[C@H](O)[C@H]2O[C@H]2C[C@](C)(N)[C@H](O)[C@H](C)O2)Oc2ccc(cc2Cl)[C@H]1O.Cl.Cl.[Cl-]. The summed E-state index contributed by atoms with van der Waals surface area (Å²) in [6, 6.07) is 3.03. The number of aliphatic hydroxyl groups excluding tert-OH is 6. The maximum atomic E-state index is 16.4. The number of nitrogens with zero attached hydrogens (tertiary/aromatic N) is 4. The number of rotatable bonds is 24. The molecule has 16 rings (SSSR count). The molecule has 7 aromatic rings. The molecule has 3 fully saturated rings. The number of benzene rings is 5. The van der Waals surface area contributed by atoms with Gasteiger partial charge < -0.3 is 162 Å². The van der Waals surface area contributed by atoms with Crippen LogP contribution in [0.3, 0.4) is 0 Å². The lowest BCUT2D eigenvalue weighted by molar-refractivity contribution is -0.689. The van der Waals surface area contributed by atoms with Gasteiger partial charge in [0.25, 0.3) is 11.8 Å². The molecule has 10 amide bonds. The van der Waals surface area contributed by atoms with Crippen molar-refractivity contribution in [1.82, 2.24) is 57.7 Å². The monoisotopic (exact) mass is 2090 g/mol. The average Bonchev–Trinajstić information content (AvgIpc) is 0.927. The molecule has 44 nitrogen and oxygen atoms in total. The van der Waals surface area contributed by atoms with Crippen LogP contribution in [-0.4, -0.2) is 255 Å². The van der Waals surface area contributed by atoms with Gasteiger partial charge in [0.05, 0.1) is 41.3 Å². The molecule has 0 radical (unpaired) electrons. The third-order valence-corrected chi connectivity index (χ3v) is 26.4. The number of likely N-dealkylation sites (N-methyl/N-ethyl adjacent to an activating group) is 1. The van der Waals surface area contributed by atoms with E-state index in [9.17, 15) is 75.0 Å². The van der Waals surface area contributed by atoms with Gasteiger partial charge in [-0.15, -0.1) is 36.6 Å². The van der Waals surface area contributed by atoms with Crippen molar-refractivity contribution < 1.29 is 154 Å². The number of thiazole rings is 1. The Morgan fingerprint density at radius 2 is 1.40 bits per heavy atom. The average molecular weight is 2090 g/mol. The van der Waals surface area contributed by atoms with Gasteiger partial charge in [0, 0.05) is 65.6 Å². The van der Waals surface area contributed by atoms with E-state index in [0.29, 0.717) is 5.57 Å². The molecule has 25 N–H and O–H groups in total. The molecule has 748 valence electrons. The second-order valence-electron chi connectivity index (χ2n) is 33.6. The number of aromatic hydroxyl groups is 3. The number of β-lactam (4-membered cyclic amide) rings is 1. The van der Waals surface area contributed by atoms with Crippen molar-refractivity contribution in [1.29, 1.82) is 0 Å². The number of pyridine rings is 1. The third kappa shape index (κ3) is 23.6. The Kier molecular flexibility index (Phi) is 35.3. The molecule has 52 heteroatoms. The number of aliphatic hydroxyl groups is 6. The third-order valence-electron chi connectivity index (χ3n) is 23.4. The van der Waals surface area contributed by atoms with Crippen LogP contribution in [-0.2, 0) is 78.3 Å². The Morgan fingerprint density at radius 3 is 2.01 bits per heavy atom. The highest BCUT2D eigenvalue weighted by molar-refractivity contribution is 8.00. The van der Waals surface area contributed by atoms with Crippen LogP contribution in [0.15, 0.2) is 126 Å². The summed E-state index contributed by atoms with van der Waals surface area (Å²) in [4.78, 5) is 173. The molecule has 11 heterocycles. The number of nitrogen functional groups attached to an aromatic ring is 1. The molecule has 9 aliphatic rings. The highest BCUT2D eigenvalue weighted by atomic mass is 35.5. The normalized spacial score (nSPS) is 26.5. The van der Waals surface area contributed by atoms with E-state index >= 15 is 28.8 Å². The minimum absolute atomic E-state index is 0. The predicted molar refractivity (Wildman–Crippen MR) is 494 cm³/mol. The number of phenolic OH excluding ortho intramolecular Hbond substituents is 3. The van der Waals surface area contributed by atoms with Crippen LogP contribution in [0.4, 0.5) is 5.13 Å². The number of thioether (sulfide) groups is 1. The fraction of sp³-hybridized carbons (Fsp3) is 0.402. The smallest absolute Gasteiger partial charge is 0.352 e. The van der Waals surface area contributed by atoms with E-state index in [2.05, 4.69) is 58.0 Å². The van der Waals surface area contributed by atoms with Crippen LogP contribution in [0.2, 0.25) is 14.4 Å². The summed E-state index contributed by atoms with van der Waals surface area (Å²) in [7, 11) is 1.46. The van der Waals surface area contributed by atoms with Crippen LogP contribution < -0.4 is 96.2 Å². The lowest BCUT2D eigenvalue weighted by atomic mass is 9.86. The number of carbonyl (C=O) groups excluding carboxylic acids is 10. The Hall–Kier alpha value is -11.5. The van der Waals surface area contributed by atoms with Crippen LogP contribution in [0.25, 0.3) is 11.1 Å². The van der Waals surface area contributed by atoms with E-state index in [1.54, 1.807) is 49.0 Å². The van der Waals surface area contributed by atoms with Crippen molar-refractivity contribution in [3.8, 4) is 57.1 Å². The number of nitrogens with one attached hydrogen (secondary N) is 9. The fourth-order valence-corrected chi connectivity index (χ4v) is 19.2. The van der Waals surface area contributed by atoms with Gasteiger partial charge in [-0.05, 0) is 116 Å². The zero-order valence-corrected chi connectivity index (χ0v) is 80.1. The number of carboxylic acids is 1. The Labute approximate surface area is 832 Å². The number of carbonyl (C=O) groups is 11. The number of hydrogen-bond acceptors (Lipinski definition) is 34. The Balaban J connectivity index is 0.00000617. The Morgan fingerprint density at radius 1 is 0.755 bits per heavy atom. The molecule has 5 aromatic carbocycles. The predicted octanol–water partition coefficient (Wildman–Crippen LogP) is -1.79. The molecule has 0 saturated carbocycles. The number of oxime groups is 1. The van der Waals surface area contributed by atoms with Crippen molar-refractivity contribution >= 4 is 159 Å². The first-order valence-corrected chi connectivity index (χ1v) is 45.4. The van der Waals surface area contributed by atoms with Gasteiger partial charge in [-0.25, -0.2) is 14.3 Å². The van der Waals surface area contributed by atoms with Gasteiger partial charge in [0.2, 0.25) is 59.3 Å². The second-order valence-corrected chi connectivity index (χ2v) is 37.2. The summed E-state index contributed by atoms with van der Waals surface area (Å²) in [5.74, 6) is -18.9. The quantitative estimate of drug-likeness (QED) is 0.0104. The number of phenols is 3. The molecule has 139 heavy (non-hydrogen) atoms. The van der Waals surface area contributed by atoms with Gasteiger partial charge in [-0.3, -0.25) is 52.8 Å². The summed E-state index contributed by atoms with van der Waals surface area (Å²) >= 11 is 22.8. The van der Waals surface area contributed by atoms with Gasteiger partial charge in [0.15, 0.2) is 53.7 Å². The number of aromatic nitrogens is 2. The number of amides is 10. The molecule has 20 atom stereocenters. The van der Waals surface area contributed by atoms with Gasteiger partial charge in [-0.2, -0.15) is 0 Å². The van der Waals surface area contributed by atoms with Crippen LogP contribution in [0, 0.1) is 5.92 Å². The van der Waals surface area contributed by atoms with E-state index in [1.807, 2.05) is 0 Å². The number of nitrogens with two attached hydrogens (primary N) is 3. The molecule has 0 aliphatic carbocycles. The minimum Gasteiger partial charge on any atom is -1.00 e. The van der Waals surface area contributed by atoms with Gasteiger partial charge >= 0.3 is 5.97 Å². The first-order valence-electron chi connectivity index (χ1n) is 42.4. The highest BCUT2D eigenvalue weighted by Crippen LogP contribution is 2.51. The first-order chi connectivity index (χ1) is 64.6. The van der Waals surface area contributed by atoms with E-state index in [4.69, 9.17) is 85.3 Å². The van der Waals surface area contributed by atoms with Crippen molar-refractivity contribution in [3.63, 3.8) is 0 Å². The molecule has 0 spiro atoms. The largest absolute Gasteiger partial charge is 1.00 e.